The lowest BCUT2D eigenvalue weighted by Gasteiger charge is -2.01. The molecule has 0 spiro atoms. The number of hydrogen-bond donors (Lipinski definition) is 0. The Morgan fingerprint density at radius 3 is 2.80 bits per heavy atom. The quantitative estimate of drug-likeness (QED) is 0.584. The van der Waals surface area contributed by atoms with Crippen LogP contribution < -0.4 is 0 Å². The highest BCUT2D eigenvalue weighted by molar-refractivity contribution is 7.99. The van der Waals surface area contributed by atoms with Gasteiger partial charge in [0.05, 0.1) is 10.6 Å². The molecule has 2 rings (SSSR count). The monoisotopic (exact) mass is 219 g/mol. The van der Waals surface area contributed by atoms with Gasteiger partial charge >= 0.3 is 0 Å². The van der Waals surface area contributed by atoms with E-state index < -0.39 is 0 Å². The third kappa shape index (κ3) is 1.57. The molecular weight excluding hydrogens is 206 g/mol. The Hall–Kier alpha value is -1.22. The normalized spacial score (nSPS) is 10.8. The highest BCUT2D eigenvalue weighted by Crippen LogP contribution is 2.30. The zero-order chi connectivity index (χ0) is 10.8. The van der Waals surface area contributed by atoms with Crippen molar-refractivity contribution < 1.29 is 4.79 Å². The molecule has 0 saturated carbocycles. The van der Waals surface area contributed by atoms with Gasteiger partial charge in [-0.3, -0.25) is 4.79 Å². The smallest absolute Gasteiger partial charge is 0.153 e. The van der Waals surface area contributed by atoms with E-state index in [2.05, 4.69) is 11.5 Å². The maximum Gasteiger partial charge on any atom is 0.153 e. The summed E-state index contributed by atoms with van der Waals surface area (Å²) in [4.78, 5) is 11.1. The number of aryl methyl sites for hydroxylation is 1. The molecule has 1 aromatic carbocycles. The second-order valence-corrected chi connectivity index (χ2v) is 4.60. The molecule has 0 aliphatic rings. The Balaban J connectivity index is 2.77. The second kappa shape index (κ2) is 4.11. The van der Waals surface area contributed by atoms with Gasteiger partial charge in [-0.2, -0.15) is 0 Å². The molecule has 0 unspecified atom stereocenters. The van der Waals surface area contributed by atoms with Crippen molar-refractivity contribution in [3.8, 4) is 0 Å². The van der Waals surface area contributed by atoms with E-state index in [0.717, 1.165) is 33.5 Å². The van der Waals surface area contributed by atoms with Crippen LogP contribution in [-0.4, -0.2) is 16.6 Å². The number of hydrogen-bond acceptors (Lipinski definition) is 2. The number of thioether (sulfide) groups is 1. The molecule has 1 heterocycles. The van der Waals surface area contributed by atoms with Crippen molar-refractivity contribution in [1.82, 2.24) is 4.57 Å². The molecule has 0 amide bonds. The lowest BCUT2D eigenvalue weighted by Crippen LogP contribution is -1.91. The molecule has 0 radical (unpaired) electrons. The van der Waals surface area contributed by atoms with E-state index in [4.69, 9.17) is 0 Å². The van der Waals surface area contributed by atoms with Crippen molar-refractivity contribution in [3.63, 3.8) is 0 Å². The van der Waals surface area contributed by atoms with Crippen LogP contribution in [0.3, 0.4) is 0 Å². The fourth-order valence-corrected chi connectivity index (χ4v) is 2.70. The second-order valence-electron chi connectivity index (χ2n) is 3.35. The summed E-state index contributed by atoms with van der Waals surface area (Å²) in [5, 5.41) is 2.11. The molecule has 0 atom stereocenters. The summed E-state index contributed by atoms with van der Waals surface area (Å²) in [7, 11) is 2.01. The van der Waals surface area contributed by atoms with E-state index in [9.17, 15) is 4.79 Å². The van der Waals surface area contributed by atoms with Crippen LogP contribution in [0.4, 0.5) is 0 Å². The van der Waals surface area contributed by atoms with Crippen LogP contribution in [0.25, 0.3) is 10.9 Å². The van der Waals surface area contributed by atoms with Gasteiger partial charge in [-0.15, -0.1) is 11.8 Å². The molecule has 15 heavy (non-hydrogen) atoms. The van der Waals surface area contributed by atoms with Gasteiger partial charge in [0.2, 0.25) is 0 Å². The Bertz CT molecular complexity index is 502. The van der Waals surface area contributed by atoms with Gasteiger partial charge in [-0.1, -0.05) is 25.1 Å². The first-order valence-electron chi connectivity index (χ1n) is 4.95. The van der Waals surface area contributed by atoms with Crippen molar-refractivity contribution >= 4 is 29.0 Å². The zero-order valence-corrected chi connectivity index (χ0v) is 9.67. The molecule has 0 fully saturated rings. The summed E-state index contributed by atoms with van der Waals surface area (Å²) in [6.45, 7) is 2.09. The lowest BCUT2D eigenvalue weighted by atomic mass is 10.2. The van der Waals surface area contributed by atoms with Crippen molar-refractivity contribution in [2.24, 2.45) is 7.05 Å². The average Bonchev–Trinajstić information content (AvgIpc) is 2.54. The number of fused-ring (bicyclic) bond motifs is 1. The third-order valence-electron chi connectivity index (χ3n) is 2.49. The van der Waals surface area contributed by atoms with Gasteiger partial charge in [-0.05, 0) is 11.8 Å². The molecule has 2 nitrogen and oxygen atoms in total. The van der Waals surface area contributed by atoms with Crippen LogP contribution in [-0.2, 0) is 7.05 Å². The van der Waals surface area contributed by atoms with Crippen molar-refractivity contribution in [2.45, 2.75) is 11.9 Å². The standard InChI is InChI=1S/C12H13NOS/c1-3-15-12-10(8-14)9-6-4-5-7-11(9)13(12)2/h4-8H,3H2,1-2H3. The predicted molar refractivity (Wildman–Crippen MR) is 64.7 cm³/mol. The summed E-state index contributed by atoms with van der Waals surface area (Å²) in [5.41, 5.74) is 1.94. The molecule has 0 bridgehead atoms. The minimum absolute atomic E-state index is 0.819. The van der Waals surface area contributed by atoms with Crippen LogP contribution in [0.5, 0.6) is 0 Å². The summed E-state index contributed by atoms with van der Waals surface area (Å²) >= 11 is 1.71. The number of nitrogens with zero attached hydrogens (tertiary/aromatic N) is 1. The van der Waals surface area contributed by atoms with Gasteiger partial charge in [0.1, 0.15) is 0 Å². The SMILES string of the molecule is CCSc1c(C=O)c2ccccc2n1C. The van der Waals surface area contributed by atoms with Crippen LogP contribution in [0, 0.1) is 0 Å². The van der Waals surface area contributed by atoms with Gasteiger partial charge in [0.25, 0.3) is 0 Å². The van der Waals surface area contributed by atoms with E-state index in [-0.39, 0.29) is 0 Å². The molecule has 2 aromatic rings. The Morgan fingerprint density at radius 2 is 2.13 bits per heavy atom. The lowest BCUT2D eigenvalue weighted by molar-refractivity contribution is 0.112. The minimum Gasteiger partial charge on any atom is -0.338 e. The topological polar surface area (TPSA) is 22.0 Å². The van der Waals surface area contributed by atoms with Crippen molar-refractivity contribution in [3.05, 3.63) is 29.8 Å². The Morgan fingerprint density at radius 1 is 1.40 bits per heavy atom. The maximum absolute atomic E-state index is 11.1. The molecular formula is C12H13NOS. The van der Waals surface area contributed by atoms with Gasteiger partial charge < -0.3 is 4.57 Å². The number of aromatic nitrogens is 1. The molecule has 0 aliphatic carbocycles. The number of rotatable bonds is 3. The molecule has 0 saturated heterocycles. The summed E-state index contributed by atoms with van der Waals surface area (Å²) in [5.74, 6) is 0.977. The number of para-hydroxylation sites is 1. The fourth-order valence-electron chi connectivity index (χ4n) is 1.82. The fraction of sp³-hybridized carbons (Fsp3) is 0.250. The van der Waals surface area contributed by atoms with E-state index >= 15 is 0 Å². The first-order chi connectivity index (χ1) is 7.29. The highest BCUT2D eigenvalue weighted by atomic mass is 32.2. The van der Waals surface area contributed by atoms with Gasteiger partial charge in [0, 0.05) is 18.0 Å². The Labute approximate surface area is 93.3 Å². The van der Waals surface area contributed by atoms with E-state index in [1.165, 1.54) is 0 Å². The molecule has 0 aliphatic heterocycles. The van der Waals surface area contributed by atoms with Crippen molar-refractivity contribution in [2.75, 3.05) is 5.75 Å². The first kappa shape index (κ1) is 10.3. The Kier molecular flexibility index (Phi) is 2.82. The van der Waals surface area contributed by atoms with Gasteiger partial charge in [0.15, 0.2) is 6.29 Å². The first-order valence-corrected chi connectivity index (χ1v) is 5.93. The minimum atomic E-state index is 0.819. The van der Waals surface area contributed by atoms with Crippen LogP contribution >= 0.6 is 11.8 Å². The van der Waals surface area contributed by atoms with Crippen molar-refractivity contribution in [1.29, 1.82) is 0 Å². The third-order valence-corrected chi connectivity index (χ3v) is 3.55. The zero-order valence-electron chi connectivity index (χ0n) is 8.86. The summed E-state index contributed by atoms with van der Waals surface area (Å²) < 4.78 is 2.09. The number of carbonyl (C=O) groups is 1. The maximum atomic E-state index is 11.1. The van der Waals surface area contributed by atoms with E-state index in [0.29, 0.717) is 0 Å². The van der Waals surface area contributed by atoms with Crippen LogP contribution in [0.1, 0.15) is 17.3 Å². The van der Waals surface area contributed by atoms with Crippen LogP contribution in [0.2, 0.25) is 0 Å². The molecule has 0 N–H and O–H groups in total. The summed E-state index contributed by atoms with van der Waals surface area (Å²) in [6, 6.07) is 8.01. The van der Waals surface area contributed by atoms with Gasteiger partial charge in [-0.25, -0.2) is 0 Å². The predicted octanol–water partition coefficient (Wildman–Crippen LogP) is 3.10. The highest BCUT2D eigenvalue weighted by Gasteiger charge is 2.13. The number of aldehydes is 1. The molecule has 1 aromatic heterocycles. The number of benzene rings is 1. The van der Waals surface area contributed by atoms with Crippen LogP contribution in [0.15, 0.2) is 29.3 Å². The average molecular weight is 219 g/mol. The molecule has 3 heteroatoms. The largest absolute Gasteiger partial charge is 0.338 e. The molecule has 78 valence electrons. The number of carbonyl (C=O) groups excluding carboxylic acids is 1. The summed E-state index contributed by atoms with van der Waals surface area (Å²) in [6.07, 6.45) is 0.959. The van der Waals surface area contributed by atoms with E-state index in [1.54, 1.807) is 11.8 Å². The van der Waals surface area contributed by atoms with E-state index in [1.807, 2.05) is 31.3 Å².